The van der Waals surface area contributed by atoms with Gasteiger partial charge in [-0.2, -0.15) is 0 Å². The molecule has 0 aliphatic carbocycles. The molecular weight excluding hydrogens is 270 g/mol. The maximum Gasteiger partial charge on any atom is 0.326 e. The number of anilines is 1. The van der Waals surface area contributed by atoms with Gasteiger partial charge in [-0.05, 0) is 37.6 Å². The molecule has 88 valence electrons. The third kappa shape index (κ3) is 2.98. The molecule has 3 nitrogen and oxygen atoms in total. The molecule has 0 saturated carbocycles. The minimum atomic E-state index is -0.771. The van der Waals surface area contributed by atoms with Crippen molar-refractivity contribution in [1.82, 2.24) is 0 Å². The summed E-state index contributed by atoms with van der Waals surface area (Å²) in [5.74, 6) is -0.771. The lowest BCUT2D eigenvalue weighted by Crippen LogP contribution is -2.40. The smallest absolute Gasteiger partial charge is 0.326 e. The molecular formula is C12H16BrNO2. The summed E-state index contributed by atoms with van der Waals surface area (Å²) in [6.07, 6.45) is 0.596. The molecule has 0 amide bonds. The Morgan fingerprint density at radius 1 is 1.38 bits per heavy atom. The van der Waals surface area contributed by atoms with Crippen molar-refractivity contribution >= 4 is 27.6 Å². The number of carboxylic acid groups (broad SMARTS) is 1. The lowest BCUT2D eigenvalue weighted by molar-refractivity contribution is -0.138. The van der Waals surface area contributed by atoms with Crippen LogP contribution in [-0.4, -0.2) is 23.7 Å². The van der Waals surface area contributed by atoms with E-state index in [0.29, 0.717) is 13.0 Å². The van der Waals surface area contributed by atoms with Crippen LogP contribution in [0.1, 0.15) is 20.3 Å². The summed E-state index contributed by atoms with van der Waals surface area (Å²) >= 11 is 3.36. The van der Waals surface area contributed by atoms with Gasteiger partial charge in [-0.1, -0.05) is 22.9 Å². The molecule has 1 atom stereocenters. The van der Waals surface area contributed by atoms with E-state index in [1.165, 1.54) is 0 Å². The Balaban J connectivity index is 2.96. The molecule has 0 unspecified atom stereocenters. The van der Waals surface area contributed by atoms with Crippen molar-refractivity contribution in [3.05, 3.63) is 28.7 Å². The minimum Gasteiger partial charge on any atom is -0.480 e. The third-order valence-corrected chi connectivity index (χ3v) is 3.08. The van der Waals surface area contributed by atoms with Crippen molar-refractivity contribution in [3.8, 4) is 0 Å². The molecule has 0 bridgehead atoms. The zero-order valence-corrected chi connectivity index (χ0v) is 11.1. The average molecular weight is 286 g/mol. The summed E-state index contributed by atoms with van der Waals surface area (Å²) in [6.45, 7) is 4.54. The number of rotatable bonds is 5. The van der Waals surface area contributed by atoms with Gasteiger partial charge in [0.05, 0.1) is 0 Å². The third-order valence-electron chi connectivity index (χ3n) is 2.55. The Bertz CT molecular complexity index is 351. The molecule has 0 fully saturated rings. The van der Waals surface area contributed by atoms with Crippen LogP contribution in [0.5, 0.6) is 0 Å². The summed E-state index contributed by atoms with van der Waals surface area (Å²) in [5, 5.41) is 9.14. The molecule has 16 heavy (non-hydrogen) atoms. The highest BCUT2D eigenvalue weighted by atomic mass is 79.9. The monoisotopic (exact) mass is 285 g/mol. The van der Waals surface area contributed by atoms with Crippen LogP contribution in [-0.2, 0) is 4.79 Å². The summed E-state index contributed by atoms with van der Waals surface area (Å²) in [5.41, 5.74) is 0.944. The lowest BCUT2D eigenvalue weighted by atomic mass is 10.1. The Hall–Kier alpha value is -1.03. The van der Waals surface area contributed by atoms with Crippen molar-refractivity contribution in [2.24, 2.45) is 0 Å². The number of halogens is 1. The summed E-state index contributed by atoms with van der Waals surface area (Å²) < 4.78 is 0.996. The molecule has 1 aromatic carbocycles. The first-order valence-electron chi connectivity index (χ1n) is 5.35. The molecule has 0 radical (unpaired) electrons. The van der Waals surface area contributed by atoms with Gasteiger partial charge in [0.25, 0.3) is 0 Å². The van der Waals surface area contributed by atoms with E-state index in [4.69, 9.17) is 5.11 Å². The van der Waals surface area contributed by atoms with Gasteiger partial charge < -0.3 is 10.0 Å². The molecule has 0 aromatic heterocycles. The number of likely N-dealkylation sites (N-methyl/N-ethyl adjacent to an activating group) is 1. The maximum atomic E-state index is 11.1. The predicted molar refractivity (Wildman–Crippen MR) is 68.9 cm³/mol. The van der Waals surface area contributed by atoms with E-state index in [1.54, 1.807) is 0 Å². The number of hydrogen-bond donors (Lipinski definition) is 1. The number of carbonyl (C=O) groups is 1. The van der Waals surface area contributed by atoms with Gasteiger partial charge >= 0.3 is 5.97 Å². The van der Waals surface area contributed by atoms with E-state index >= 15 is 0 Å². The quantitative estimate of drug-likeness (QED) is 0.904. The lowest BCUT2D eigenvalue weighted by Gasteiger charge is -2.29. The Morgan fingerprint density at radius 2 is 1.94 bits per heavy atom. The van der Waals surface area contributed by atoms with Crippen molar-refractivity contribution in [2.75, 3.05) is 11.4 Å². The number of aliphatic carboxylic acids is 1. The van der Waals surface area contributed by atoms with Gasteiger partial charge in [-0.3, -0.25) is 0 Å². The maximum absolute atomic E-state index is 11.1. The van der Waals surface area contributed by atoms with Crippen LogP contribution in [0, 0.1) is 0 Å². The van der Waals surface area contributed by atoms with Crippen LogP contribution < -0.4 is 4.90 Å². The Morgan fingerprint density at radius 3 is 2.31 bits per heavy atom. The van der Waals surface area contributed by atoms with Crippen LogP contribution in [0.25, 0.3) is 0 Å². The first-order chi connectivity index (χ1) is 7.60. The second kappa shape index (κ2) is 5.89. The van der Waals surface area contributed by atoms with E-state index in [2.05, 4.69) is 15.9 Å². The fourth-order valence-electron chi connectivity index (χ4n) is 1.74. The highest BCUT2D eigenvalue weighted by Gasteiger charge is 2.22. The molecule has 0 heterocycles. The molecule has 1 aromatic rings. The molecule has 0 saturated heterocycles. The standard InChI is InChI=1S/C12H16BrNO2/c1-3-11(12(15)16)14(4-2)10-7-5-9(13)6-8-10/h5-8,11H,3-4H2,1-2H3,(H,15,16)/t11-/m1/s1. The molecule has 1 N–H and O–H groups in total. The van der Waals surface area contributed by atoms with E-state index < -0.39 is 12.0 Å². The van der Waals surface area contributed by atoms with Gasteiger partial charge in [0, 0.05) is 16.7 Å². The van der Waals surface area contributed by atoms with E-state index in [9.17, 15) is 4.79 Å². The average Bonchev–Trinajstić information content (AvgIpc) is 2.26. The molecule has 0 aliphatic heterocycles. The van der Waals surface area contributed by atoms with Crippen molar-refractivity contribution in [3.63, 3.8) is 0 Å². The fourth-order valence-corrected chi connectivity index (χ4v) is 2.01. The van der Waals surface area contributed by atoms with E-state index in [0.717, 1.165) is 10.2 Å². The van der Waals surface area contributed by atoms with Crippen LogP contribution in [0.4, 0.5) is 5.69 Å². The largest absolute Gasteiger partial charge is 0.480 e. The van der Waals surface area contributed by atoms with Crippen LogP contribution in [0.2, 0.25) is 0 Å². The van der Waals surface area contributed by atoms with Crippen molar-refractivity contribution in [2.45, 2.75) is 26.3 Å². The van der Waals surface area contributed by atoms with Crippen molar-refractivity contribution in [1.29, 1.82) is 0 Å². The Kier molecular flexibility index (Phi) is 4.80. The van der Waals surface area contributed by atoms with Gasteiger partial charge in [-0.15, -0.1) is 0 Å². The second-order valence-electron chi connectivity index (χ2n) is 3.52. The summed E-state index contributed by atoms with van der Waals surface area (Å²) in [6, 6.07) is 7.25. The van der Waals surface area contributed by atoms with Crippen LogP contribution in [0.15, 0.2) is 28.7 Å². The normalized spacial score (nSPS) is 12.2. The zero-order chi connectivity index (χ0) is 12.1. The fraction of sp³-hybridized carbons (Fsp3) is 0.417. The van der Waals surface area contributed by atoms with E-state index in [1.807, 2.05) is 43.0 Å². The first-order valence-corrected chi connectivity index (χ1v) is 6.14. The van der Waals surface area contributed by atoms with Gasteiger partial charge in [0.1, 0.15) is 6.04 Å². The first kappa shape index (κ1) is 13.0. The molecule has 0 spiro atoms. The number of carboxylic acids is 1. The summed E-state index contributed by atoms with van der Waals surface area (Å²) in [7, 11) is 0. The SMILES string of the molecule is CC[C@H](C(=O)O)N(CC)c1ccc(Br)cc1. The van der Waals surface area contributed by atoms with Crippen molar-refractivity contribution < 1.29 is 9.90 Å². The van der Waals surface area contributed by atoms with E-state index in [-0.39, 0.29) is 0 Å². The molecule has 4 heteroatoms. The highest BCUT2D eigenvalue weighted by molar-refractivity contribution is 9.10. The van der Waals surface area contributed by atoms with Gasteiger partial charge in [0.2, 0.25) is 0 Å². The number of nitrogens with zero attached hydrogens (tertiary/aromatic N) is 1. The second-order valence-corrected chi connectivity index (χ2v) is 4.44. The zero-order valence-electron chi connectivity index (χ0n) is 9.48. The summed E-state index contributed by atoms with van der Waals surface area (Å²) in [4.78, 5) is 13.0. The Labute approximate surface area is 104 Å². The number of hydrogen-bond acceptors (Lipinski definition) is 2. The highest BCUT2D eigenvalue weighted by Crippen LogP contribution is 2.21. The van der Waals surface area contributed by atoms with Crippen LogP contribution >= 0.6 is 15.9 Å². The van der Waals surface area contributed by atoms with Gasteiger partial charge in [-0.25, -0.2) is 4.79 Å². The molecule has 0 aliphatic rings. The number of benzene rings is 1. The predicted octanol–water partition coefficient (Wildman–Crippen LogP) is 3.14. The topological polar surface area (TPSA) is 40.5 Å². The molecule has 1 rings (SSSR count). The van der Waals surface area contributed by atoms with Crippen LogP contribution in [0.3, 0.4) is 0 Å². The van der Waals surface area contributed by atoms with Gasteiger partial charge in [0.15, 0.2) is 0 Å². The minimum absolute atomic E-state index is 0.453.